The van der Waals surface area contributed by atoms with E-state index in [9.17, 15) is 13.2 Å². The number of fused-ring (bicyclic) bond motifs is 1. The number of aryl methyl sites for hydroxylation is 1. The van der Waals surface area contributed by atoms with Crippen molar-refractivity contribution in [3.05, 3.63) is 47.4 Å². The van der Waals surface area contributed by atoms with Gasteiger partial charge in [0.2, 0.25) is 11.8 Å². The Morgan fingerprint density at radius 3 is 2.42 bits per heavy atom. The third-order valence-corrected chi connectivity index (χ3v) is 7.97. The predicted octanol–water partition coefficient (Wildman–Crippen LogP) is 6.20. The first-order chi connectivity index (χ1) is 20.5. The van der Waals surface area contributed by atoms with Crippen molar-refractivity contribution in [3.63, 3.8) is 0 Å². The smallest absolute Gasteiger partial charge is 0.434 e. The second kappa shape index (κ2) is 10.8. The van der Waals surface area contributed by atoms with Gasteiger partial charge in [-0.3, -0.25) is 0 Å². The summed E-state index contributed by atoms with van der Waals surface area (Å²) in [7, 11) is 2.89. The molecule has 1 aromatic carbocycles. The molecule has 0 amide bonds. The molecule has 1 aliphatic heterocycles. The Balaban J connectivity index is 1.39. The van der Waals surface area contributed by atoms with Crippen molar-refractivity contribution in [2.75, 3.05) is 25.7 Å². The lowest BCUT2D eigenvalue weighted by Gasteiger charge is -2.34. The van der Waals surface area contributed by atoms with Gasteiger partial charge < -0.3 is 18.9 Å². The normalized spacial score (nSPS) is 16.0. The lowest BCUT2D eigenvalue weighted by molar-refractivity contribution is -0.140. The van der Waals surface area contributed by atoms with Crippen LogP contribution in [0.15, 0.2) is 24.7 Å². The minimum Gasteiger partial charge on any atom is -0.493 e. The molecule has 1 fully saturated rings. The molecular weight excluding hydrogens is 568 g/mol. The van der Waals surface area contributed by atoms with Crippen LogP contribution in [0.3, 0.4) is 0 Å². The van der Waals surface area contributed by atoms with Gasteiger partial charge in [0.05, 0.1) is 31.5 Å². The van der Waals surface area contributed by atoms with Gasteiger partial charge in [-0.2, -0.15) is 18.2 Å². The fraction of sp³-hybridized carbons (Fsp3) is 0.483. The van der Waals surface area contributed by atoms with Crippen molar-refractivity contribution in [3.8, 4) is 34.4 Å². The molecule has 1 unspecified atom stereocenters. The minimum atomic E-state index is -4.66. The summed E-state index contributed by atoms with van der Waals surface area (Å²) >= 11 is 0. The molecule has 1 saturated carbocycles. The zero-order chi connectivity index (χ0) is 30.6. The highest BCUT2D eigenvalue weighted by Crippen LogP contribution is 2.46. The van der Waals surface area contributed by atoms with E-state index in [2.05, 4.69) is 15.0 Å². The predicted molar refractivity (Wildman–Crippen MR) is 150 cm³/mol. The fourth-order valence-electron chi connectivity index (χ4n) is 5.64. The van der Waals surface area contributed by atoms with Gasteiger partial charge in [-0.25, -0.2) is 24.0 Å². The van der Waals surface area contributed by atoms with Crippen LogP contribution in [0.5, 0.6) is 11.6 Å². The standard InChI is InChI=1S/C29H32F4N8O2/c1-15(2)40-13-20(29(31,32)33)36-26(40)19-10-9-18(24(42-4)22(19)30)16(3)39-11-6-12-41-28(39)37-25(38-41)21-23(17-7-8-17)34-14-35-27(21)43-5/h9-10,13-17H,6-8,11-12H2,1-5H3. The van der Waals surface area contributed by atoms with Gasteiger partial charge in [-0.15, -0.1) is 5.10 Å². The number of anilines is 1. The number of benzene rings is 1. The second-order valence-electron chi connectivity index (χ2n) is 11.1. The maximum atomic E-state index is 16.1. The topological polar surface area (TPSA) is 96.0 Å². The molecule has 0 N–H and O–H groups in total. The van der Waals surface area contributed by atoms with Crippen molar-refractivity contribution in [2.24, 2.45) is 0 Å². The maximum Gasteiger partial charge on any atom is 0.434 e. The summed E-state index contributed by atoms with van der Waals surface area (Å²) in [5.74, 6) is 0.806. The molecule has 2 aliphatic rings. The van der Waals surface area contributed by atoms with E-state index in [1.165, 1.54) is 24.1 Å². The van der Waals surface area contributed by atoms with E-state index in [4.69, 9.17) is 19.6 Å². The van der Waals surface area contributed by atoms with E-state index >= 15 is 4.39 Å². The highest BCUT2D eigenvalue weighted by molar-refractivity contribution is 5.67. The number of aromatic nitrogens is 7. The Bertz CT molecular complexity index is 1660. The largest absolute Gasteiger partial charge is 0.493 e. The fourth-order valence-corrected chi connectivity index (χ4v) is 5.64. The number of imidazole rings is 1. The molecule has 0 saturated heterocycles. The summed E-state index contributed by atoms with van der Waals surface area (Å²) < 4.78 is 70.8. The van der Waals surface area contributed by atoms with Crippen LogP contribution in [-0.4, -0.2) is 55.0 Å². The number of ether oxygens (including phenoxy) is 2. The molecule has 3 aromatic heterocycles. The first-order valence-corrected chi connectivity index (χ1v) is 14.2. The molecule has 4 heterocycles. The van der Waals surface area contributed by atoms with Crippen LogP contribution in [0.4, 0.5) is 23.5 Å². The third kappa shape index (κ3) is 5.06. The van der Waals surface area contributed by atoms with Gasteiger partial charge >= 0.3 is 6.18 Å². The molecule has 10 nitrogen and oxygen atoms in total. The highest BCUT2D eigenvalue weighted by Gasteiger charge is 2.37. The SMILES string of the molecule is COc1ncnc(C2CC2)c1-c1nc2n(n1)CCCN2C(C)c1ccc(-c2nc(C(F)(F)F)cn2C(C)C)c(F)c1OC. The van der Waals surface area contributed by atoms with Crippen LogP contribution in [0.25, 0.3) is 22.8 Å². The highest BCUT2D eigenvalue weighted by atomic mass is 19.4. The monoisotopic (exact) mass is 600 g/mol. The van der Waals surface area contributed by atoms with Gasteiger partial charge in [0, 0.05) is 36.8 Å². The van der Waals surface area contributed by atoms with Gasteiger partial charge in [0.1, 0.15) is 17.7 Å². The molecule has 228 valence electrons. The van der Waals surface area contributed by atoms with E-state index in [1.54, 1.807) is 27.0 Å². The number of alkyl halides is 3. The molecule has 0 spiro atoms. The Morgan fingerprint density at radius 1 is 1.00 bits per heavy atom. The van der Waals surface area contributed by atoms with Gasteiger partial charge in [-0.1, -0.05) is 6.07 Å². The average Bonchev–Trinajstić information content (AvgIpc) is 3.56. The Kier molecular flexibility index (Phi) is 7.25. The summed E-state index contributed by atoms with van der Waals surface area (Å²) in [6, 6.07) is 2.33. The van der Waals surface area contributed by atoms with E-state index in [-0.39, 0.29) is 23.2 Å². The minimum absolute atomic E-state index is 0.0668. The number of methoxy groups -OCH3 is 2. The van der Waals surface area contributed by atoms with Crippen LogP contribution >= 0.6 is 0 Å². The van der Waals surface area contributed by atoms with Crippen LogP contribution in [-0.2, 0) is 12.7 Å². The number of hydrogen-bond acceptors (Lipinski definition) is 8. The van der Waals surface area contributed by atoms with Crippen molar-refractivity contribution < 1.29 is 27.0 Å². The quantitative estimate of drug-likeness (QED) is 0.221. The molecule has 6 rings (SSSR count). The van der Waals surface area contributed by atoms with E-state index in [1.807, 2.05) is 16.5 Å². The molecule has 43 heavy (non-hydrogen) atoms. The van der Waals surface area contributed by atoms with Crippen molar-refractivity contribution >= 4 is 5.95 Å². The van der Waals surface area contributed by atoms with Crippen molar-refractivity contribution in [2.45, 2.75) is 70.8 Å². The summed E-state index contributed by atoms with van der Waals surface area (Å²) in [4.78, 5) is 19.5. The van der Waals surface area contributed by atoms with Crippen LogP contribution in [0.1, 0.15) is 75.0 Å². The zero-order valence-corrected chi connectivity index (χ0v) is 24.5. The summed E-state index contributed by atoms with van der Waals surface area (Å²) in [5, 5.41) is 4.78. The third-order valence-electron chi connectivity index (χ3n) is 7.97. The molecule has 4 aromatic rings. The van der Waals surface area contributed by atoms with Crippen molar-refractivity contribution in [1.82, 2.24) is 34.3 Å². The van der Waals surface area contributed by atoms with E-state index in [0.717, 1.165) is 31.2 Å². The lowest BCUT2D eigenvalue weighted by Crippen LogP contribution is -2.35. The molecular formula is C29H32F4N8O2. The molecule has 0 radical (unpaired) electrons. The van der Waals surface area contributed by atoms with Gasteiger partial charge in [-0.05, 0) is 46.1 Å². The first kappa shape index (κ1) is 28.9. The maximum absolute atomic E-state index is 16.1. The van der Waals surface area contributed by atoms with E-state index < -0.39 is 23.7 Å². The number of rotatable bonds is 8. The molecule has 0 bridgehead atoms. The lowest BCUT2D eigenvalue weighted by atomic mass is 10.0. The molecule has 14 heteroatoms. The van der Waals surface area contributed by atoms with Crippen molar-refractivity contribution in [1.29, 1.82) is 0 Å². The number of halogens is 4. The molecule has 1 atom stereocenters. The zero-order valence-electron chi connectivity index (χ0n) is 24.5. The second-order valence-corrected chi connectivity index (χ2v) is 11.1. The summed E-state index contributed by atoms with van der Waals surface area (Å²) in [5.41, 5.74) is 0.890. The summed E-state index contributed by atoms with van der Waals surface area (Å²) in [6.07, 6.45) is 0.556. The first-order valence-electron chi connectivity index (χ1n) is 14.2. The molecule has 1 aliphatic carbocycles. The Labute approximate surface area is 245 Å². The number of nitrogens with zero attached hydrogens (tertiary/aromatic N) is 8. The number of hydrogen-bond donors (Lipinski definition) is 0. The Hall–Kier alpha value is -4.23. The van der Waals surface area contributed by atoms with Crippen LogP contribution in [0, 0.1) is 5.82 Å². The van der Waals surface area contributed by atoms with Crippen LogP contribution in [0.2, 0.25) is 0 Å². The van der Waals surface area contributed by atoms with E-state index in [0.29, 0.717) is 47.8 Å². The summed E-state index contributed by atoms with van der Waals surface area (Å²) in [6.45, 7) is 6.59. The van der Waals surface area contributed by atoms with Gasteiger partial charge in [0.25, 0.3) is 0 Å². The van der Waals surface area contributed by atoms with Gasteiger partial charge in [0.15, 0.2) is 23.1 Å². The average molecular weight is 601 g/mol. The van der Waals surface area contributed by atoms with Crippen LogP contribution < -0.4 is 14.4 Å². The Morgan fingerprint density at radius 2 is 1.77 bits per heavy atom.